The zero-order valence-electron chi connectivity index (χ0n) is 14.6. The van der Waals surface area contributed by atoms with Gasteiger partial charge in [0.2, 0.25) is 0 Å². The zero-order valence-corrected chi connectivity index (χ0v) is 15.4. The van der Waals surface area contributed by atoms with E-state index < -0.39 is 0 Å². The van der Waals surface area contributed by atoms with Gasteiger partial charge in [-0.15, -0.1) is 0 Å². The highest BCUT2D eigenvalue weighted by Gasteiger charge is 2.30. The number of amides is 1. The molecule has 0 saturated carbocycles. The number of nitrogens with zero attached hydrogens (tertiary/aromatic N) is 2. The minimum Gasteiger partial charge on any atom is -0.504 e. The number of thioether (sulfide) groups is 1. The second-order valence-corrected chi connectivity index (χ2v) is 6.51. The van der Waals surface area contributed by atoms with Gasteiger partial charge in [-0.1, -0.05) is 6.07 Å². The van der Waals surface area contributed by atoms with Gasteiger partial charge in [-0.05, 0) is 59.8 Å². The second-order valence-electron chi connectivity index (χ2n) is 5.50. The van der Waals surface area contributed by atoms with Gasteiger partial charge < -0.3 is 14.6 Å². The Labute approximate surface area is 155 Å². The topological polar surface area (TPSA) is 71.4 Å². The van der Waals surface area contributed by atoms with E-state index in [0.717, 1.165) is 17.0 Å². The maximum absolute atomic E-state index is 12.5. The largest absolute Gasteiger partial charge is 0.504 e. The molecule has 0 bridgehead atoms. The first-order valence-corrected chi connectivity index (χ1v) is 8.61. The summed E-state index contributed by atoms with van der Waals surface area (Å²) in [5.74, 6) is 1.03. The molecule has 0 atom stereocenters. The predicted molar refractivity (Wildman–Crippen MR) is 103 cm³/mol. The number of hydrogen-bond acceptors (Lipinski definition) is 6. The highest BCUT2D eigenvalue weighted by Crippen LogP contribution is 2.35. The van der Waals surface area contributed by atoms with Crippen molar-refractivity contribution in [2.45, 2.75) is 0 Å². The Bertz CT molecular complexity index is 891. The number of aromatic hydroxyl groups is 1. The molecule has 1 N–H and O–H groups in total. The number of ether oxygens (including phenoxy) is 2. The summed E-state index contributed by atoms with van der Waals surface area (Å²) in [5, 5.41) is 10.3. The summed E-state index contributed by atoms with van der Waals surface area (Å²) in [6.45, 7) is 0. The first kappa shape index (κ1) is 17.9. The van der Waals surface area contributed by atoms with Crippen LogP contribution in [-0.2, 0) is 4.79 Å². The molecule has 0 radical (unpaired) electrons. The van der Waals surface area contributed by atoms with Crippen molar-refractivity contribution in [3.63, 3.8) is 0 Å². The summed E-state index contributed by atoms with van der Waals surface area (Å²) in [6, 6.07) is 12.2. The quantitative estimate of drug-likeness (QED) is 0.832. The van der Waals surface area contributed by atoms with Crippen molar-refractivity contribution in [1.29, 1.82) is 0 Å². The van der Waals surface area contributed by atoms with E-state index in [1.807, 2.05) is 24.3 Å². The van der Waals surface area contributed by atoms with Crippen LogP contribution >= 0.6 is 11.8 Å². The molecule has 1 saturated heterocycles. The van der Waals surface area contributed by atoms with Crippen molar-refractivity contribution in [2.24, 2.45) is 4.99 Å². The van der Waals surface area contributed by atoms with E-state index in [0.29, 0.717) is 15.8 Å². The number of rotatable bonds is 4. The predicted octanol–water partition coefficient (Wildman–Crippen LogP) is 3.64. The van der Waals surface area contributed by atoms with Crippen LogP contribution in [0.4, 0.5) is 5.69 Å². The van der Waals surface area contributed by atoms with Gasteiger partial charge in [0, 0.05) is 7.05 Å². The summed E-state index contributed by atoms with van der Waals surface area (Å²) >= 11 is 1.30. The fraction of sp³-hybridized carbons (Fsp3) is 0.158. The Hall–Kier alpha value is -2.93. The van der Waals surface area contributed by atoms with Gasteiger partial charge in [-0.2, -0.15) is 0 Å². The molecule has 2 aromatic carbocycles. The van der Waals surface area contributed by atoms with E-state index in [4.69, 9.17) is 9.47 Å². The molecule has 7 heteroatoms. The highest BCUT2D eigenvalue weighted by molar-refractivity contribution is 8.18. The van der Waals surface area contributed by atoms with Crippen molar-refractivity contribution in [3.8, 4) is 17.2 Å². The van der Waals surface area contributed by atoms with Gasteiger partial charge in [0.05, 0.1) is 24.8 Å². The third kappa shape index (κ3) is 3.67. The van der Waals surface area contributed by atoms with Crippen molar-refractivity contribution in [1.82, 2.24) is 4.90 Å². The molecule has 6 nitrogen and oxygen atoms in total. The van der Waals surface area contributed by atoms with Gasteiger partial charge in [0.25, 0.3) is 5.91 Å². The molecule has 1 aliphatic rings. The van der Waals surface area contributed by atoms with Crippen molar-refractivity contribution in [2.75, 3.05) is 21.3 Å². The Balaban J connectivity index is 1.87. The maximum atomic E-state index is 12.5. The normalized spacial score (nSPS) is 17.2. The number of likely N-dealkylation sites (N-methyl/N-ethyl adjacent to an activating group) is 1. The summed E-state index contributed by atoms with van der Waals surface area (Å²) < 4.78 is 10.2. The van der Waals surface area contributed by atoms with Crippen molar-refractivity contribution in [3.05, 3.63) is 52.9 Å². The molecule has 1 heterocycles. The molecule has 134 valence electrons. The van der Waals surface area contributed by atoms with Crippen molar-refractivity contribution < 1.29 is 19.4 Å². The number of hydrogen-bond donors (Lipinski definition) is 1. The summed E-state index contributed by atoms with van der Waals surface area (Å²) in [7, 11) is 4.78. The molecule has 1 fully saturated rings. The molecule has 0 spiro atoms. The molecule has 26 heavy (non-hydrogen) atoms. The van der Waals surface area contributed by atoms with E-state index in [9.17, 15) is 9.90 Å². The van der Waals surface area contributed by atoms with Crippen LogP contribution in [0.3, 0.4) is 0 Å². The second kappa shape index (κ2) is 7.53. The first-order chi connectivity index (χ1) is 12.5. The standard InChI is InChI=1S/C19H18N2O4S/c1-21-18(23)17(11-12-4-9-15(22)16(10-12)25-3)26-19(21)20-13-5-7-14(24-2)8-6-13/h4-11,22H,1-3H3/b17-11+,20-19?. The molecule has 0 aliphatic carbocycles. The van der Waals surface area contributed by atoms with E-state index >= 15 is 0 Å². The third-order valence-electron chi connectivity index (χ3n) is 3.80. The Morgan fingerprint density at radius 2 is 1.85 bits per heavy atom. The van der Waals surface area contributed by atoms with Crippen LogP contribution in [0, 0.1) is 0 Å². The van der Waals surface area contributed by atoms with Crippen molar-refractivity contribution >= 4 is 34.6 Å². The van der Waals surface area contributed by atoms with E-state index in [1.54, 1.807) is 32.4 Å². The number of phenolic OH excluding ortho intramolecular Hbond substituents is 1. The van der Waals surface area contributed by atoms with Crippen LogP contribution in [0.1, 0.15) is 5.56 Å². The first-order valence-electron chi connectivity index (χ1n) is 7.79. The lowest BCUT2D eigenvalue weighted by Crippen LogP contribution is -2.23. The Morgan fingerprint density at radius 3 is 2.50 bits per heavy atom. The van der Waals surface area contributed by atoms with Gasteiger partial charge in [-0.3, -0.25) is 9.69 Å². The Kier molecular flexibility index (Phi) is 5.18. The number of aliphatic imine (C=N–C) groups is 1. The number of carbonyl (C=O) groups excluding carboxylic acids is 1. The van der Waals surface area contributed by atoms with E-state index in [2.05, 4.69) is 4.99 Å². The minimum absolute atomic E-state index is 0.0546. The lowest BCUT2D eigenvalue weighted by Gasteiger charge is -2.07. The highest BCUT2D eigenvalue weighted by atomic mass is 32.2. The van der Waals surface area contributed by atoms with E-state index in [1.165, 1.54) is 29.8 Å². The molecule has 3 rings (SSSR count). The molecule has 0 aromatic heterocycles. The minimum atomic E-state index is -0.130. The fourth-order valence-corrected chi connectivity index (χ4v) is 3.34. The summed E-state index contributed by atoms with van der Waals surface area (Å²) in [6.07, 6.45) is 1.75. The Morgan fingerprint density at radius 1 is 1.12 bits per heavy atom. The average molecular weight is 370 g/mol. The molecular formula is C19H18N2O4S. The number of benzene rings is 2. The number of phenols is 1. The molecule has 0 unspecified atom stereocenters. The maximum Gasteiger partial charge on any atom is 0.266 e. The molecule has 1 amide bonds. The SMILES string of the molecule is COc1ccc(N=C2S/C(=C/c3ccc(O)c(OC)c3)C(=O)N2C)cc1. The molecule has 1 aliphatic heterocycles. The monoisotopic (exact) mass is 370 g/mol. The summed E-state index contributed by atoms with van der Waals surface area (Å²) in [5.41, 5.74) is 1.50. The van der Waals surface area contributed by atoms with Crippen LogP contribution < -0.4 is 9.47 Å². The van der Waals surface area contributed by atoms with Crippen LogP contribution in [0.25, 0.3) is 6.08 Å². The van der Waals surface area contributed by atoms with Crippen LogP contribution in [0.2, 0.25) is 0 Å². The van der Waals surface area contributed by atoms with Gasteiger partial charge in [0.15, 0.2) is 16.7 Å². The summed E-state index contributed by atoms with van der Waals surface area (Å²) in [4.78, 5) is 19.1. The molecule has 2 aromatic rings. The fourth-order valence-electron chi connectivity index (χ4n) is 2.35. The number of amidine groups is 1. The lowest BCUT2D eigenvalue weighted by molar-refractivity contribution is -0.121. The van der Waals surface area contributed by atoms with Gasteiger partial charge in [-0.25, -0.2) is 4.99 Å². The lowest BCUT2D eigenvalue weighted by atomic mass is 10.2. The van der Waals surface area contributed by atoms with Crippen LogP contribution in [-0.4, -0.2) is 42.3 Å². The van der Waals surface area contributed by atoms with Gasteiger partial charge in [0.1, 0.15) is 5.75 Å². The third-order valence-corrected chi connectivity index (χ3v) is 4.86. The van der Waals surface area contributed by atoms with Crippen LogP contribution in [0.5, 0.6) is 17.2 Å². The zero-order chi connectivity index (χ0) is 18.7. The number of carbonyl (C=O) groups is 1. The van der Waals surface area contributed by atoms with Gasteiger partial charge >= 0.3 is 0 Å². The average Bonchev–Trinajstić information content (AvgIpc) is 2.92. The van der Waals surface area contributed by atoms with E-state index in [-0.39, 0.29) is 11.7 Å². The smallest absolute Gasteiger partial charge is 0.266 e. The number of methoxy groups -OCH3 is 2. The molecular weight excluding hydrogens is 352 g/mol. The van der Waals surface area contributed by atoms with Crippen LogP contribution in [0.15, 0.2) is 52.4 Å².